The molecule has 0 aliphatic carbocycles. The first-order valence-electron chi connectivity index (χ1n) is 4.79. The molecule has 0 aliphatic heterocycles. The maximum atomic E-state index is 11.2. The molecule has 0 aromatic heterocycles. The molecule has 0 saturated carbocycles. The number of carboxylic acids is 1. The van der Waals surface area contributed by atoms with Crippen molar-refractivity contribution in [3.63, 3.8) is 0 Å². The summed E-state index contributed by atoms with van der Waals surface area (Å²) in [5.41, 5.74) is 0.698. The number of benzene rings is 1. The molecule has 0 fully saturated rings. The summed E-state index contributed by atoms with van der Waals surface area (Å²) < 4.78 is 0. The first-order chi connectivity index (χ1) is 7.58. The Bertz CT molecular complexity index is 421. The second-order valence-electron chi connectivity index (χ2n) is 3.29. The summed E-state index contributed by atoms with van der Waals surface area (Å²) in [5.74, 6) is -1.11. The van der Waals surface area contributed by atoms with Crippen LogP contribution >= 0.6 is 0 Å². The highest BCUT2D eigenvalue weighted by atomic mass is 16.4. The zero-order valence-corrected chi connectivity index (χ0v) is 8.59. The number of aliphatic carboxylic acids is 1. The van der Waals surface area contributed by atoms with Gasteiger partial charge in [-0.1, -0.05) is 18.2 Å². The summed E-state index contributed by atoms with van der Waals surface area (Å²) >= 11 is 0. The summed E-state index contributed by atoms with van der Waals surface area (Å²) in [7, 11) is 0. The number of carbonyl (C=O) groups is 2. The maximum Gasteiger partial charge on any atom is 0.303 e. The SMILES string of the molecule is O=C(O)CCC(=O)C=Cc1cccc(O)c1. The van der Waals surface area contributed by atoms with Gasteiger partial charge in [0.25, 0.3) is 0 Å². The predicted molar refractivity (Wildman–Crippen MR) is 59.0 cm³/mol. The van der Waals surface area contributed by atoms with Gasteiger partial charge < -0.3 is 10.2 Å². The van der Waals surface area contributed by atoms with Crippen LogP contribution in [0.25, 0.3) is 6.08 Å². The third-order valence-electron chi connectivity index (χ3n) is 1.92. The van der Waals surface area contributed by atoms with E-state index in [1.54, 1.807) is 18.2 Å². The van der Waals surface area contributed by atoms with Gasteiger partial charge in [0.1, 0.15) is 5.75 Å². The van der Waals surface area contributed by atoms with Crippen LogP contribution in [0.1, 0.15) is 18.4 Å². The fraction of sp³-hybridized carbons (Fsp3) is 0.167. The summed E-state index contributed by atoms with van der Waals surface area (Å²) in [6.45, 7) is 0. The van der Waals surface area contributed by atoms with Gasteiger partial charge in [-0.05, 0) is 23.8 Å². The molecule has 0 atom stereocenters. The minimum Gasteiger partial charge on any atom is -0.508 e. The Labute approximate surface area is 92.8 Å². The number of phenols is 1. The quantitative estimate of drug-likeness (QED) is 0.742. The fourth-order valence-electron chi connectivity index (χ4n) is 1.13. The number of allylic oxidation sites excluding steroid dienone is 1. The van der Waals surface area contributed by atoms with E-state index in [4.69, 9.17) is 10.2 Å². The molecule has 16 heavy (non-hydrogen) atoms. The lowest BCUT2D eigenvalue weighted by atomic mass is 10.1. The molecule has 0 unspecified atom stereocenters. The van der Waals surface area contributed by atoms with Gasteiger partial charge >= 0.3 is 5.97 Å². The topological polar surface area (TPSA) is 74.6 Å². The van der Waals surface area contributed by atoms with Crippen LogP contribution in [0.4, 0.5) is 0 Å². The highest BCUT2D eigenvalue weighted by Gasteiger charge is 2.01. The second kappa shape index (κ2) is 5.70. The van der Waals surface area contributed by atoms with Gasteiger partial charge in [0, 0.05) is 6.42 Å². The molecule has 0 aliphatic rings. The Kier molecular flexibility index (Phi) is 4.27. The van der Waals surface area contributed by atoms with E-state index in [0.717, 1.165) is 0 Å². The maximum absolute atomic E-state index is 11.2. The highest BCUT2D eigenvalue weighted by molar-refractivity contribution is 5.95. The van der Waals surface area contributed by atoms with Crippen molar-refractivity contribution < 1.29 is 19.8 Å². The van der Waals surface area contributed by atoms with E-state index in [9.17, 15) is 9.59 Å². The molecule has 0 saturated heterocycles. The van der Waals surface area contributed by atoms with E-state index in [-0.39, 0.29) is 24.4 Å². The molecule has 84 valence electrons. The van der Waals surface area contributed by atoms with Crippen molar-refractivity contribution in [3.05, 3.63) is 35.9 Å². The monoisotopic (exact) mass is 220 g/mol. The zero-order chi connectivity index (χ0) is 12.0. The molecule has 1 rings (SSSR count). The normalized spacial score (nSPS) is 10.5. The zero-order valence-electron chi connectivity index (χ0n) is 8.59. The van der Waals surface area contributed by atoms with Crippen molar-refractivity contribution in [1.29, 1.82) is 0 Å². The molecular formula is C12H12O4. The van der Waals surface area contributed by atoms with E-state index in [1.807, 2.05) is 0 Å². The minimum atomic E-state index is -0.987. The van der Waals surface area contributed by atoms with Crippen LogP contribution < -0.4 is 0 Å². The van der Waals surface area contributed by atoms with Crippen LogP contribution in [0, 0.1) is 0 Å². The summed E-state index contributed by atoms with van der Waals surface area (Å²) in [5, 5.41) is 17.5. The van der Waals surface area contributed by atoms with Crippen LogP contribution in [0.15, 0.2) is 30.3 Å². The number of carbonyl (C=O) groups excluding carboxylic acids is 1. The Morgan fingerprint density at radius 2 is 2.00 bits per heavy atom. The number of phenolic OH excluding ortho intramolecular Hbond substituents is 1. The van der Waals surface area contributed by atoms with Crippen molar-refractivity contribution in [2.45, 2.75) is 12.8 Å². The van der Waals surface area contributed by atoms with Crippen molar-refractivity contribution in [3.8, 4) is 5.75 Å². The van der Waals surface area contributed by atoms with Gasteiger partial charge in [0.15, 0.2) is 5.78 Å². The highest BCUT2D eigenvalue weighted by Crippen LogP contribution is 2.12. The van der Waals surface area contributed by atoms with Gasteiger partial charge in [0.2, 0.25) is 0 Å². The molecule has 1 aromatic rings. The third-order valence-corrected chi connectivity index (χ3v) is 1.92. The molecule has 1 aromatic carbocycles. The average Bonchev–Trinajstić information content (AvgIpc) is 2.23. The first kappa shape index (κ1) is 12.0. The largest absolute Gasteiger partial charge is 0.508 e. The van der Waals surface area contributed by atoms with Crippen LogP contribution in [0.3, 0.4) is 0 Å². The molecular weight excluding hydrogens is 208 g/mol. The average molecular weight is 220 g/mol. The lowest BCUT2D eigenvalue weighted by molar-refractivity contribution is -0.138. The first-order valence-corrected chi connectivity index (χ1v) is 4.79. The molecule has 0 spiro atoms. The van der Waals surface area contributed by atoms with Crippen molar-refractivity contribution >= 4 is 17.8 Å². The number of hydrogen-bond donors (Lipinski definition) is 2. The summed E-state index contributed by atoms with van der Waals surface area (Å²) in [6.07, 6.45) is 2.69. The number of ketones is 1. The van der Waals surface area contributed by atoms with Gasteiger partial charge in [-0.25, -0.2) is 0 Å². The van der Waals surface area contributed by atoms with E-state index in [0.29, 0.717) is 5.56 Å². The molecule has 4 nitrogen and oxygen atoms in total. The van der Waals surface area contributed by atoms with Crippen LogP contribution in [0.2, 0.25) is 0 Å². The minimum absolute atomic E-state index is 0.00928. The number of rotatable bonds is 5. The number of aromatic hydroxyl groups is 1. The molecule has 0 heterocycles. The van der Waals surface area contributed by atoms with Crippen LogP contribution in [0.5, 0.6) is 5.75 Å². The number of hydrogen-bond acceptors (Lipinski definition) is 3. The predicted octanol–water partition coefficient (Wildman–Crippen LogP) is 1.84. The van der Waals surface area contributed by atoms with Gasteiger partial charge in [-0.2, -0.15) is 0 Å². The van der Waals surface area contributed by atoms with Crippen molar-refractivity contribution in [2.24, 2.45) is 0 Å². The standard InChI is InChI=1S/C12H12O4/c13-10(6-7-12(15)16)5-4-9-2-1-3-11(14)8-9/h1-5,8,14H,6-7H2,(H,15,16). The van der Waals surface area contributed by atoms with Crippen LogP contribution in [-0.4, -0.2) is 22.0 Å². The van der Waals surface area contributed by atoms with E-state index in [2.05, 4.69) is 0 Å². The van der Waals surface area contributed by atoms with Gasteiger partial charge in [0.05, 0.1) is 6.42 Å². The van der Waals surface area contributed by atoms with Crippen molar-refractivity contribution in [1.82, 2.24) is 0 Å². The molecule has 0 bridgehead atoms. The third kappa shape index (κ3) is 4.41. The fourth-order valence-corrected chi connectivity index (χ4v) is 1.13. The van der Waals surface area contributed by atoms with E-state index >= 15 is 0 Å². The Morgan fingerprint density at radius 1 is 1.25 bits per heavy atom. The lowest BCUT2D eigenvalue weighted by Gasteiger charge is -1.94. The smallest absolute Gasteiger partial charge is 0.303 e. The second-order valence-corrected chi connectivity index (χ2v) is 3.29. The van der Waals surface area contributed by atoms with Crippen molar-refractivity contribution in [2.75, 3.05) is 0 Å². The lowest BCUT2D eigenvalue weighted by Crippen LogP contribution is -1.99. The van der Waals surface area contributed by atoms with Gasteiger partial charge in [-0.15, -0.1) is 0 Å². The molecule has 4 heteroatoms. The van der Waals surface area contributed by atoms with Crippen LogP contribution in [-0.2, 0) is 9.59 Å². The molecule has 0 radical (unpaired) electrons. The summed E-state index contributed by atoms with van der Waals surface area (Å²) in [6, 6.07) is 6.45. The summed E-state index contributed by atoms with van der Waals surface area (Å²) in [4.78, 5) is 21.4. The molecule has 2 N–H and O–H groups in total. The van der Waals surface area contributed by atoms with Gasteiger partial charge in [-0.3, -0.25) is 9.59 Å². The Balaban J connectivity index is 2.53. The molecule has 0 amide bonds. The number of carboxylic acid groups (broad SMARTS) is 1. The Morgan fingerprint density at radius 3 is 2.62 bits per heavy atom. The van der Waals surface area contributed by atoms with E-state index < -0.39 is 5.97 Å². The van der Waals surface area contributed by atoms with E-state index in [1.165, 1.54) is 18.2 Å². The Hall–Kier alpha value is -2.10.